The van der Waals surface area contributed by atoms with Crippen LogP contribution in [-0.2, 0) is 32.5 Å². The third kappa shape index (κ3) is 7.99. The van der Waals surface area contributed by atoms with E-state index in [2.05, 4.69) is 10.3 Å². The summed E-state index contributed by atoms with van der Waals surface area (Å²) in [6, 6.07) is 11.7. The molecule has 0 bridgehead atoms. The molecular formula is C28H34F3N7O3. The number of nitrogens with two attached hydrogens (primary N) is 4. The zero-order valence-corrected chi connectivity index (χ0v) is 22.4. The van der Waals surface area contributed by atoms with Gasteiger partial charge in [-0.2, -0.15) is 13.2 Å². The van der Waals surface area contributed by atoms with Crippen molar-refractivity contribution in [3.05, 3.63) is 77.5 Å². The summed E-state index contributed by atoms with van der Waals surface area (Å²) >= 11 is 0. The topological polar surface area (TPSA) is 183 Å². The van der Waals surface area contributed by atoms with Crippen molar-refractivity contribution in [2.45, 2.75) is 37.0 Å². The molecule has 1 aromatic heterocycles. The van der Waals surface area contributed by atoms with E-state index in [-0.39, 0.29) is 51.3 Å². The summed E-state index contributed by atoms with van der Waals surface area (Å²) in [5.41, 5.74) is 22.1. The van der Waals surface area contributed by atoms with Crippen LogP contribution >= 0.6 is 0 Å². The Morgan fingerprint density at radius 1 is 0.951 bits per heavy atom. The molecular weight excluding hydrogens is 539 g/mol. The fourth-order valence-electron chi connectivity index (χ4n) is 4.41. The quantitative estimate of drug-likeness (QED) is 0.203. The Morgan fingerprint density at radius 2 is 1.59 bits per heavy atom. The maximum Gasteiger partial charge on any atom is 0.416 e. The van der Waals surface area contributed by atoms with E-state index in [1.54, 1.807) is 30.3 Å². The molecule has 0 spiro atoms. The Morgan fingerprint density at radius 3 is 2.17 bits per heavy atom. The van der Waals surface area contributed by atoms with Gasteiger partial charge in [-0.05, 0) is 36.2 Å². The lowest BCUT2D eigenvalue weighted by Gasteiger charge is -2.31. The number of amides is 3. The molecule has 3 amide bonds. The Balaban J connectivity index is 1.90. The molecule has 2 aromatic carbocycles. The van der Waals surface area contributed by atoms with E-state index in [1.807, 2.05) is 0 Å². The molecule has 10 nitrogen and oxygen atoms in total. The minimum atomic E-state index is -4.52. The molecule has 41 heavy (non-hydrogen) atoms. The second-order valence-corrected chi connectivity index (χ2v) is 9.67. The number of nitrogens with zero attached hydrogens (tertiary/aromatic N) is 2. The van der Waals surface area contributed by atoms with Gasteiger partial charge in [0.25, 0.3) is 0 Å². The van der Waals surface area contributed by atoms with Crippen molar-refractivity contribution in [1.82, 2.24) is 15.2 Å². The Labute approximate surface area is 235 Å². The molecule has 220 valence electrons. The molecule has 0 unspecified atom stereocenters. The number of pyridine rings is 1. The lowest BCUT2D eigenvalue weighted by Crippen LogP contribution is -2.57. The van der Waals surface area contributed by atoms with Gasteiger partial charge in [-0.3, -0.25) is 19.4 Å². The van der Waals surface area contributed by atoms with Gasteiger partial charge >= 0.3 is 6.18 Å². The molecule has 0 saturated heterocycles. The van der Waals surface area contributed by atoms with Crippen LogP contribution in [0.2, 0.25) is 0 Å². The first-order valence-electron chi connectivity index (χ1n) is 13.0. The number of hydrogen-bond donors (Lipinski definition) is 5. The van der Waals surface area contributed by atoms with Crippen LogP contribution in [0.1, 0.15) is 29.5 Å². The predicted molar refractivity (Wildman–Crippen MR) is 148 cm³/mol. The van der Waals surface area contributed by atoms with E-state index in [4.69, 9.17) is 22.9 Å². The number of aromatic nitrogens is 1. The molecule has 13 heteroatoms. The zero-order valence-electron chi connectivity index (χ0n) is 22.4. The minimum absolute atomic E-state index is 0.142. The number of nitrogens with one attached hydrogen (secondary N) is 1. The molecule has 0 fully saturated rings. The van der Waals surface area contributed by atoms with Gasteiger partial charge in [0.2, 0.25) is 17.7 Å². The van der Waals surface area contributed by atoms with Gasteiger partial charge in [0.15, 0.2) is 0 Å². The number of hydrogen-bond acceptors (Lipinski definition) is 7. The van der Waals surface area contributed by atoms with Crippen molar-refractivity contribution in [1.29, 1.82) is 0 Å². The first-order valence-corrected chi connectivity index (χ1v) is 13.0. The van der Waals surface area contributed by atoms with Crippen LogP contribution in [-0.4, -0.2) is 59.8 Å². The summed E-state index contributed by atoms with van der Waals surface area (Å²) in [6.45, 7) is 0.986. The highest BCUT2D eigenvalue weighted by molar-refractivity contribution is 5.93. The SMILES string of the molecule is NCCN(CCN)C(=O)CC[C@@](N)(C(=O)N[C@@H](Cc1ccc(C(F)(F)F)cc1)C(N)=O)c1cnc2ccccc2c1. The average molecular weight is 574 g/mol. The number of primary amides is 1. The van der Waals surface area contributed by atoms with Crippen LogP contribution in [0.3, 0.4) is 0 Å². The number of rotatable bonds is 13. The summed E-state index contributed by atoms with van der Waals surface area (Å²) in [6.07, 6.45) is -3.57. The lowest BCUT2D eigenvalue weighted by molar-refractivity contribution is -0.137. The van der Waals surface area contributed by atoms with Crippen LogP contribution in [0.15, 0.2) is 60.8 Å². The highest BCUT2D eigenvalue weighted by Gasteiger charge is 2.39. The van der Waals surface area contributed by atoms with Crippen molar-refractivity contribution >= 4 is 28.6 Å². The number of benzene rings is 2. The molecule has 0 saturated carbocycles. The Bertz CT molecular complexity index is 1360. The fraction of sp³-hybridized carbons (Fsp3) is 0.357. The first kappa shape index (κ1) is 31.5. The van der Waals surface area contributed by atoms with Crippen LogP contribution in [0.4, 0.5) is 13.2 Å². The third-order valence-corrected chi connectivity index (χ3v) is 6.76. The van der Waals surface area contributed by atoms with E-state index in [0.29, 0.717) is 22.0 Å². The van der Waals surface area contributed by atoms with Gasteiger partial charge in [0, 0.05) is 56.2 Å². The molecule has 2 atom stereocenters. The summed E-state index contributed by atoms with van der Waals surface area (Å²) in [7, 11) is 0. The number of carbonyl (C=O) groups excluding carboxylic acids is 3. The molecule has 0 radical (unpaired) electrons. The fourth-order valence-corrected chi connectivity index (χ4v) is 4.41. The molecule has 0 aliphatic carbocycles. The van der Waals surface area contributed by atoms with Gasteiger partial charge in [-0.15, -0.1) is 0 Å². The maximum absolute atomic E-state index is 13.7. The minimum Gasteiger partial charge on any atom is -0.368 e. The Kier molecular flexibility index (Phi) is 10.4. The maximum atomic E-state index is 13.7. The average Bonchev–Trinajstić information content (AvgIpc) is 2.94. The lowest BCUT2D eigenvalue weighted by atomic mass is 9.85. The molecule has 0 aliphatic rings. The van der Waals surface area contributed by atoms with E-state index < -0.39 is 35.1 Å². The summed E-state index contributed by atoms with van der Waals surface area (Å²) in [5.74, 6) is -2.03. The number of carbonyl (C=O) groups is 3. The van der Waals surface area contributed by atoms with Crippen LogP contribution in [0.5, 0.6) is 0 Å². The molecule has 9 N–H and O–H groups in total. The van der Waals surface area contributed by atoms with Crippen LogP contribution < -0.4 is 28.3 Å². The smallest absolute Gasteiger partial charge is 0.368 e. The number of alkyl halides is 3. The van der Waals surface area contributed by atoms with E-state index in [9.17, 15) is 27.6 Å². The van der Waals surface area contributed by atoms with Crippen molar-refractivity contribution in [3.63, 3.8) is 0 Å². The van der Waals surface area contributed by atoms with E-state index in [0.717, 1.165) is 12.1 Å². The molecule has 3 aromatic rings. The zero-order chi connectivity index (χ0) is 30.2. The summed E-state index contributed by atoms with van der Waals surface area (Å²) < 4.78 is 38.8. The largest absolute Gasteiger partial charge is 0.416 e. The summed E-state index contributed by atoms with van der Waals surface area (Å²) in [5, 5.41) is 3.24. The number of halogens is 3. The van der Waals surface area contributed by atoms with Gasteiger partial charge < -0.3 is 33.2 Å². The van der Waals surface area contributed by atoms with E-state index in [1.165, 1.54) is 23.2 Å². The van der Waals surface area contributed by atoms with Crippen molar-refractivity contribution in [2.24, 2.45) is 22.9 Å². The van der Waals surface area contributed by atoms with Gasteiger partial charge in [-0.1, -0.05) is 30.3 Å². The van der Waals surface area contributed by atoms with Gasteiger partial charge in [-0.25, -0.2) is 0 Å². The highest BCUT2D eigenvalue weighted by atomic mass is 19.4. The second kappa shape index (κ2) is 13.5. The van der Waals surface area contributed by atoms with Gasteiger partial charge in [0.05, 0.1) is 11.1 Å². The second-order valence-electron chi connectivity index (χ2n) is 9.67. The number of fused-ring (bicyclic) bond motifs is 1. The Hall–Kier alpha value is -4.07. The standard InChI is InChI=1S/C28H34F3N7O3/c29-28(30,31)20-7-5-18(6-8-20)15-23(25(34)40)37-26(41)27(35,10-9-24(39)38(13-11-32)14-12-33)21-16-19-3-1-2-4-22(19)36-17-21/h1-8,16-17,23H,9-15,32-33,35H2,(H2,34,40)(H,37,41)/t23-,27-/m0/s1. The third-order valence-electron chi connectivity index (χ3n) is 6.76. The van der Waals surface area contributed by atoms with Crippen molar-refractivity contribution in [3.8, 4) is 0 Å². The van der Waals surface area contributed by atoms with E-state index >= 15 is 0 Å². The molecule has 1 heterocycles. The van der Waals surface area contributed by atoms with Crippen molar-refractivity contribution < 1.29 is 27.6 Å². The number of para-hydroxylation sites is 1. The van der Waals surface area contributed by atoms with Crippen LogP contribution in [0, 0.1) is 0 Å². The predicted octanol–water partition coefficient (Wildman–Crippen LogP) is 1.15. The monoisotopic (exact) mass is 573 g/mol. The molecule has 3 rings (SSSR count). The normalized spacial score (nSPS) is 13.8. The van der Waals surface area contributed by atoms with Gasteiger partial charge in [0.1, 0.15) is 11.6 Å². The molecule has 0 aliphatic heterocycles. The van der Waals surface area contributed by atoms with Crippen LogP contribution in [0.25, 0.3) is 10.9 Å². The summed E-state index contributed by atoms with van der Waals surface area (Å²) in [4.78, 5) is 44.9. The highest BCUT2D eigenvalue weighted by Crippen LogP contribution is 2.30. The first-order chi connectivity index (χ1) is 19.4. The van der Waals surface area contributed by atoms with Crippen molar-refractivity contribution in [2.75, 3.05) is 26.2 Å².